The summed E-state index contributed by atoms with van der Waals surface area (Å²) in [4.78, 5) is 37.8. The van der Waals surface area contributed by atoms with Gasteiger partial charge in [0.15, 0.2) is 5.75 Å². The molecular formula is C24H24F3N3O5S. The Morgan fingerprint density at radius 2 is 1.94 bits per heavy atom. The van der Waals surface area contributed by atoms with Crippen molar-refractivity contribution in [2.45, 2.75) is 37.2 Å². The fourth-order valence-corrected chi connectivity index (χ4v) is 5.50. The number of benzene rings is 1. The van der Waals surface area contributed by atoms with Gasteiger partial charge >= 0.3 is 6.18 Å². The number of nitrogens with one attached hydrogen (secondary N) is 2. The third-order valence-corrected chi connectivity index (χ3v) is 7.36. The molecule has 4 rings (SSSR count). The number of thioether (sulfide) groups is 1. The molecule has 1 aromatic heterocycles. The molecule has 0 spiro atoms. The topological polar surface area (TPSA) is 112 Å². The molecular weight excluding hydrogens is 499 g/mol. The lowest BCUT2D eigenvalue weighted by atomic mass is 10.0. The van der Waals surface area contributed by atoms with Crippen LogP contribution in [-0.2, 0) is 0 Å². The Balaban J connectivity index is 1.60. The molecule has 2 atom stereocenters. The van der Waals surface area contributed by atoms with E-state index in [1.807, 2.05) is 6.07 Å². The Morgan fingerprint density at radius 3 is 2.56 bits per heavy atom. The molecule has 0 aliphatic carbocycles. The zero-order valence-electron chi connectivity index (χ0n) is 19.4. The van der Waals surface area contributed by atoms with E-state index in [-0.39, 0.29) is 33.9 Å². The molecule has 36 heavy (non-hydrogen) atoms. The van der Waals surface area contributed by atoms with Crippen molar-refractivity contribution in [1.29, 1.82) is 0 Å². The van der Waals surface area contributed by atoms with Gasteiger partial charge < -0.3 is 25.1 Å². The van der Waals surface area contributed by atoms with Crippen molar-refractivity contribution in [3.8, 4) is 5.75 Å². The number of hydrogen-bond donors (Lipinski definition) is 3. The van der Waals surface area contributed by atoms with E-state index < -0.39 is 35.2 Å². The number of para-hydroxylation sites is 1. The number of carbonyl (C=O) groups is 1. The van der Waals surface area contributed by atoms with Crippen LogP contribution in [0.5, 0.6) is 5.75 Å². The molecule has 2 heterocycles. The minimum absolute atomic E-state index is 0.0110. The predicted molar refractivity (Wildman–Crippen MR) is 131 cm³/mol. The molecule has 3 aromatic rings. The number of aryl methyl sites for hydroxylation is 1. The summed E-state index contributed by atoms with van der Waals surface area (Å²) >= 11 is 1.73. The van der Waals surface area contributed by atoms with Crippen LogP contribution < -0.4 is 21.5 Å². The minimum atomic E-state index is -4.61. The van der Waals surface area contributed by atoms with Gasteiger partial charge in [-0.3, -0.25) is 14.4 Å². The number of phenols is 1. The van der Waals surface area contributed by atoms with Crippen LogP contribution in [0.4, 0.5) is 30.2 Å². The van der Waals surface area contributed by atoms with E-state index in [1.165, 1.54) is 18.2 Å². The molecule has 2 aromatic carbocycles. The van der Waals surface area contributed by atoms with Gasteiger partial charge in [0.25, 0.3) is 16.8 Å². The summed E-state index contributed by atoms with van der Waals surface area (Å²) in [6, 6.07) is 7.09. The van der Waals surface area contributed by atoms with Gasteiger partial charge in [0.2, 0.25) is 0 Å². The van der Waals surface area contributed by atoms with E-state index in [9.17, 15) is 32.7 Å². The van der Waals surface area contributed by atoms with Gasteiger partial charge in [-0.2, -0.15) is 24.9 Å². The van der Waals surface area contributed by atoms with Crippen LogP contribution in [0.15, 0.2) is 44.3 Å². The van der Waals surface area contributed by atoms with Crippen molar-refractivity contribution < 1.29 is 27.5 Å². The molecule has 0 bridgehead atoms. The molecule has 1 aliphatic rings. The second-order valence-electron chi connectivity index (χ2n) is 8.63. The van der Waals surface area contributed by atoms with Crippen LogP contribution in [0.3, 0.4) is 0 Å². The van der Waals surface area contributed by atoms with E-state index in [1.54, 1.807) is 24.8 Å². The largest absolute Gasteiger partial charge is 0.505 e. The van der Waals surface area contributed by atoms with Crippen molar-refractivity contribution >= 4 is 34.7 Å². The number of anilines is 3. The highest BCUT2D eigenvalue weighted by atomic mass is 32.2. The second-order valence-corrected chi connectivity index (χ2v) is 9.98. The van der Waals surface area contributed by atoms with Crippen molar-refractivity contribution in [3.63, 3.8) is 0 Å². The molecule has 0 saturated carbocycles. The number of nitrogens with zero attached hydrogens (tertiary/aromatic N) is 1. The highest BCUT2D eigenvalue weighted by Crippen LogP contribution is 2.40. The maximum Gasteiger partial charge on any atom is 0.406 e. The van der Waals surface area contributed by atoms with E-state index in [4.69, 9.17) is 4.42 Å². The van der Waals surface area contributed by atoms with Crippen LogP contribution in [-0.4, -0.2) is 46.7 Å². The first-order valence-corrected chi connectivity index (χ1v) is 12.2. The summed E-state index contributed by atoms with van der Waals surface area (Å²) in [6.45, 7) is 0.303. The number of hydrogen-bond acceptors (Lipinski definition) is 8. The first-order valence-electron chi connectivity index (χ1n) is 11.1. The summed E-state index contributed by atoms with van der Waals surface area (Å²) in [5.74, 6) is 0.583. The lowest BCUT2D eigenvalue weighted by Gasteiger charge is -2.25. The van der Waals surface area contributed by atoms with Crippen molar-refractivity contribution in [3.05, 3.63) is 67.9 Å². The molecule has 192 valence electrons. The van der Waals surface area contributed by atoms with E-state index in [2.05, 4.69) is 10.6 Å². The Kier molecular flexibility index (Phi) is 7.07. The maximum atomic E-state index is 12.7. The number of aromatic hydroxyl groups is 1. The number of amides is 1. The summed E-state index contributed by atoms with van der Waals surface area (Å²) in [5, 5.41) is 16.5. The standard InChI is InChI=1S/C24H24F3N3O5S/c1-12-8-9-15(35-12)17(16-7-4-10-36-16)29-19-18(21(32)22(19)33)28-14-6-3-5-13(20(14)31)23(34)30(2)11-24(25,26)27/h3,5-6,8-9,16-17,28-29,31H,4,7,10-11H2,1-2H3/t16-,17?/m0/s1. The molecule has 3 N–H and O–H groups in total. The SMILES string of the molecule is Cc1ccc(C(Nc2c(Nc3cccc(C(=O)N(C)CC(F)(F)F)c3O)c(=O)c2=O)[C@@H]2CCCS2)o1. The monoisotopic (exact) mass is 523 g/mol. The molecule has 1 aliphatic heterocycles. The zero-order chi connectivity index (χ0) is 26.2. The summed E-state index contributed by atoms with van der Waals surface area (Å²) in [6.07, 6.45) is -2.72. The number of furan rings is 1. The van der Waals surface area contributed by atoms with E-state index in [0.717, 1.165) is 25.6 Å². The van der Waals surface area contributed by atoms with Crippen LogP contribution in [0.1, 0.15) is 40.8 Å². The molecule has 12 heteroatoms. The van der Waals surface area contributed by atoms with Crippen molar-refractivity contribution in [2.75, 3.05) is 30.0 Å². The molecule has 1 fully saturated rings. The van der Waals surface area contributed by atoms with Gasteiger partial charge in [0.05, 0.1) is 17.3 Å². The first kappa shape index (κ1) is 25.7. The normalized spacial score (nSPS) is 16.8. The number of phenolic OH excluding ortho intramolecular Hbond substituents is 1. The Bertz CT molecular complexity index is 1340. The van der Waals surface area contributed by atoms with Gasteiger partial charge in [0, 0.05) is 12.3 Å². The van der Waals surface area contributed by atoms with Crippen LogP contribution in [0.25, 0.3) is 0 Å². The summed E-state index contributed by atoms with van der Waals surface area (Å²) < 4.78 is 43.9. The lowest BCUT2D eigenvalue weighted by molar-refractivity contribution is -0.138. The fourth-order valence-electron chi connectivity index (χ4n) is 4.14. The Morgan fingerprint density at radius 1 is 1.22 bits per heavy atom. The smallest absolute Gasteiger partial charge is 0.406 e. The molecule has 1 unspecified atom stereocenters. The Labute approximate surface area is 208 Å². The number of alkyl halides is 3. The van der Waals surface area contributed by atoms with E-state index >= 15 is 0 Å². The van der Waals surface area contributed by atoms with Gasteiger partial charge in [-0.25, -0.2) is 0 Å². The van der Waals surface area contributed by atoms with Crippen molar-refractivity contribution in [2.24, 2.45) is 0 Å². The van der Waals surface area contributed by atoms with E-state index in [0.29, 0.717) is 16.4 Å². The summed E-state index contributed by atoms with van der Waals surface area (Å²) in [5.41, 5.74) is -2.15. The highest BCUT2D eigenvalue weighted by molar-refractivity contribution is 8.00. The molecule has 0 radical (unpaired) electrons. The fraction of sp³-hybridized carbons (Fsp3) is 0.375. The lowest BCUT2D eigenvalue weighted by Crippen LogP contribution is -2.38. The highest BCUT2D eigenvalue weighted by Gasteiger charge is 2.34. The number of carbonyl (C=O) groups excluding carboxylic acids is 1. The molecule has 1 saturated heterocycles. The molecule has 8 nitrogen and oxygen atoms in total. The van der Waals surface area contributed by atoms with Crippen LogP contribution in [0, 0.1) is 6.92 Å². The molecule has 1 amide bonds. The quantitative estimate of drug-likeness (QED) is 0.296. The van der Waals surface area contributed by atoms with Crippen LogP contribution in [0.2, 0.25) is 0 Å². The third kappa shape index (κ3) is 5.23. The first-order chi connectivity index (χ1) is 17.0. The van der Waals surface area contributed by atoms with Gasteiger partial charge in [-0.05, 0) is 49.8 Å². The Hall–Kier alpha value is -3.41. The third-order valence-electron chi connectivity index (χ3n) is 5.90. The number of halogens is 3. The average molecular weight is 524 g/mol. The zero-order valence-corrected chi connectivity index (χ0v) is 20.3. The van der Waals surface area contributed by atoms with Gasteiger partial charge in [0.1, 0.15) is 29.4 Å². The number of rotatable bonds is 8. The maximum absolute atomic E-state index is 12.7. The van der Waals surface area contributed by atoms with Gasteiger partial charge in [-0.15, -0.1) is 0 Å². The second kappa shape index (κ2) is 9.92. The summed E-state index contributed by atoms with van der Waals surface area (Å²) in [7, 11) is 0.964. The van der Waals surface area contributed by atoms with Crippen molar-refractivity contribution in [1.82, 2.24) is 4.90 Å². The minimum Gasteiger partial charge on any atom is -0.505 e. The van der Waals surface area contributed by atoms with Crippen LogP contribution >= 0.6 is 11.8 Å². The predicted octanol–water partition coefficient (Wildman–Crippen LogP) is 4.32. The van der Waals surface area contributed by atoms with Gasteiger partial charge in [-0.1, -0.05) is 6.07 Å². The average Bonchev–Trinajstić information content (AvgIpc) is 3.50.